The van der Waals surface area contributed by atoms with Crippen molar-refractivity contribution in [2.24, 2.45) is 0 Å². The molecule has 1 fully saturated rings. The van der Waals surface area contributed by atoms with Gasteiger partial charge in [0.2, 0.25) is 10.0 Å². The first-order valence-electron chi connectivity index (χ1n) is 7.75. The molecule has 0 amide bonds. The average Bonchev–Trinajstić information content (AvgIpc) is 2.56. The van der Waals surface area contributed by atoms with E-state index < -0.39 is 10.0 Å². The summed E-state index contributed by atoms with van der Waals surface area (Å²) in [6, 6.07) is 16.5. The van der Waals surface area contributed by atoms with E-state index in [1.165, 1.54) is 0 Å². The van der Waals surface area contributed by atoms with E-state index in [1.54, 1.807) is 16.4 Å². The van der Waals surface area contributed by atoms with Crippen molar-refractivity contribution < 1.29 is 13.2 Å². The number of ether oxygens (including phenoxy) is 1. The largest absolute Gasteiger partial charge is 0.370 e. The van der Waals surface area contributed by atoms with Gasteiger partial charge in [-0.25, -0.2) is 8.42 Å². The van der Waals surface area contributed by atoms with E-state index >= 15 is 0 Å². The van der Waals surface area contributed by atoms with Crippen LogP contribution in [-0.2, 0) is 14.8 Å². The highest BCUT2D eigenvalue weighted by Gasteiger charge is 2.37. The lowest BCUT2D eigenvalue weighted by Gasteiger charge is -2.38. The van der Waals surface area contributed by atoms with Crippen LogP contribution in [0.1, 0.15) is 24.2 Å². The highest BCUT2D eigenvalue weighted by Crippen LogP contribution is 2.32. The van der Waals surface area contributed by atoms with Crippen molar-refractivity contribution in [3.8, 4) is 0 Å². The van der Waals surface area contributed by atoms with E-state index in [0.29, 0.717) is 18.0 Å². The lowest BCUT2D eigenvalue weighted by atomic mass is 10.0. The van der Waals surface area contributed by atoms with Gasteiger partial charge in [-0.3, -0.25) is 0 Å². The van der Waals surface area contributed by atoms with Crippen LogP contribution < -0.4 is 0 Å². The molecule has 1 saturated heterocycles. The molecule has 4 nitrogen and oxygen atoms in total. The fourth-order valence-electron chi connectivity index (χ4n) is 2.97. The molecular weight excluding hydrogens is 310 g/mol. The van der Waals surface area contributed by atoms with E-state index in [0.717, 1.165) is 11.1 Å². The average molecular weight is 331 g/mol. The first-order chi connectivity index (χ1) is 11.0. The summed E-state index contributed by atoms with van der Waals surface area (Å²) >= 11 is 0. The monoisotopic (exact) mass is 331 g/mol. The number of sulfonamides is 1. The lowest BCUT2D eigenvalue weighted by molar-refractivity contribution is -0.0361. The minimum atomic E-state index is -3.52. The molecule has 0 radical (unpaired) electrons. The van der Waals surface area contributed by atoms with Crippen LogP contribution in [0.4, 0.5) is 0 Å². The zero-order valence-electron chi connectivity index (χ0n) is 13.3. The first kappa shape index (κ1) is 16.2. The van der Waals surface area contributed by atoms with Crippen molar-refractivity contribution in [2.75, 3.05) is 13.2 Å². The number of nitrogens with zero attached hydrogens (tertiary/aromatic N) is 1. The van der Waals surface area contributed by atoms with Gasteiger partial charge in [0.15, 0.2) is 0 Å². The summed E-state index contributed by atoms with van der Waals surface area (Å²) in [5, 5.41) is 0. The van der Waals surface area contributed by atoms with Crippen molar-refractivity contribution in [1.82, 2.24) is 4.31 Å². The maximum absolute atomic E-state index is 13.0. The Bertz CT molecular complexity index is 757. The molecule has 2 aromatic rings. The normalized spacial score (nSPS) is 22.9. The van der Waals surface area contributed by atoms with Gasteiger partial charge >= 0.3 is 0 Å². The van der Waals surface area contributed by atoms with E-state index in [1.807, 2.05) is 56.3 Å². The van der Waals surface area contributed by atoms with Crippen LogP contribution in [-0.4, -0.2) is 31.9 Å². The molecule has 0 aromatic heterocycles. The van der Waals surface area contributed by atoms with Crippen LogP contribution >= 0.6 is 0 Å². The van der Waals surface area contributed by atoms with Gasteiger partial charge in [0.1, 0.15) is 0 Å². The molecule has 122 valence electrons. The van der Waals surface area contributed by atoms with Gasteiger partial charge in [-0.15, -0.1) is 0 Å². The van der Waals surface area contributed by atoms with Crippen LogP contribution in [0.25, 0.3) is 0 Å². The summed E-state index contributed by atoms with van der Waals surface area (Å²) in [5.41, 5.74) is 2.05. The van der Waals surface area contributed by atoms with Gasteiger partial charge in [-0.2, -0.15) is 4.31 Å². The summed E-state index contributed by atoms with van der Waals surface area (Å²) in [4.78, 5) is 0.337. The topological polar surface area (TPSA) is 46.6 Å². The zero-order chi connectivity index (χ0) is 16.4. The van der Waals surface area contributed by atoms with E-state index in [4.69, 9.17) is 4.74 Å². The molecular formula is C18H21NO3S. The van der Waals surface area contributed by atoms with Crippen LogP contribution in [0.5, 0.6) is 0 Å². The maximum atomic E-state index is 13.0. The standard InChI is InChI=1S/C18H21NO3S/c1-14-8-10-17(11-9-14)23(20,21)19-12-13-22-18(15(19)2)16-6-4-3-5-7-16/h3-11,15,18H,12-13H2,1-2H3/t15-,18-/m0/s1. The maximum Gasteiger partial charge on any atom is 0.243 e. The second-order valence-electron chi connectivity index (χ2n) is 5.87. The van der Waals surface area contributed by atoms with Gasteiger partial charge < -0.3 is 4.74 Å². The van der Waals surface area contributed by atoms with Gasteiger partial charge in [0.05, 0.1) is 23.6 Å². The van der Waals surface area contributed by atoms with Gasteiger partial charge in [-0.1, -0.05) is 48.0 Å². The molecule has 1 aliphatic rings. The van der Waals surface area contributed by atoms with Crippen molar-refractivity contribution in [3.63, 3.8) is 0 Å². The molecule has 0 spiro atoms. The SMILES string of the molecule is Cc1ccc(S(=O)(=O)N2CCO[C@H](c3ccccc3)[C@@H]2C)cc1. The molecule has 0 saturated carbocycles. The fourth-order valence-corrected chi connectivity index (χ4v) is 4.58. The number of hydrogen-bond acceptors (Lipinski definition) is 3. The molecule has 1 aliphatic heterocycles. The lowest BCUT2D eigenvalue weighted by Crippen LogP contribution is -2.48. The summed E-state index contributed by atoms with van der Waals surface area (Å²) in [5.74, 6) is 0. The Morgan fingerprint density at radius 3 is 2.35 bits per heavy atom. The molecule has 1 heterocycles. The Balaban J connectivity index is 1.91. The predicted molar refractivity (Wildman–Crippen MR) is 89.7 cm³/mol. The molecule has 0 aliphatic carbocycles. The fraction of sp³-hybridized carbons (Fsp3) is 0.333. The number of benzene rings is 2. The van der Waals surface area contributed by atoms with Crippen molar-refractivity contribution >= 4 is 10.0 Å². The van der Waals surface area contributed by atoms with Gasteiger partial charge in [0, 0.05) is 6.54 Å². The molecule has 5 heteroatoms. The van der Waals surface area contributed by atoms with Crippen LogP contribution in [0.3, 0.4) is 0 Å². The summed E-state index contributed by atoms with van der Waals surface area (Å²) in [6.07, 6.45) is -0.245. The second kappa shape index (κ2) is 6.43. The number of aryl methyl sites for hydroxylation is 1. The Kier molecular flexibility index (Phi) is 4.53. The van der Waals surface area contributed by atoms with E-state index in [9.17, 15) is 8.42 Å². The molecule has 2 aromatic carbocycles. The highest BCUT2D eigenvalue weighted by molar-refractivity contribution is 7.89. The Labute approximate surface area is 137 Å². The van der Waals surface area contributed by atoms with Crippen LogP contribution in [0.15, 0.2) is 59.5 Å². The van der Waals surface area contributed by atoms with Gasteiger partial charge in [-0.05, 0) is 31.5 Å². The number of rotatable bonds is 3. The minimum Gasteiger partial charge on any atom is -0.370 e. The van der Waals surface area contributed by atoms with E-state index in [-0.39, 0.29) is 12.1 Å². The first-order valence-corrected chi connectivity index (χ1v) is 9.19. The van der Waals surface area contributed by atoms with Crippen molar-refractivity contribution in [3.05, 3.63) is 65.7 Å². The predicted octanol–water partition coefficient (Wildman–Crippen LogP) is 3.15. The molecule has 2 atom stereocenters. The summed E-state index contributed by atoms with van der Waals surface area (Å²) in [7, 11) is -3.52. The number of hydrogen-bond donors (Lipinski definition) is 0. The van der Waals surface area contributed by atoms with Crippen LogP contribution in [0.2, 0.25) is 0 Å². The van der Waals surface area contributed by atoms with Crippen molar-refractivity contribution in [1.29, 1.82) is 0 Å². The molecule has 3 rings (SSSR count). The molecule has 0 unspecified atom stereocenters. The highest BCUT2D eigenvalue weighted by atomic mass is 32.2. The summed E-state index contributed by atoms with van der Waals surface area (Å²) < 4.78 is 33.3. The molecule has 0 bridgehead atoms. The molecule has 0 N–H and O–H groups in total. The van der Waals surface area contributed by atoms with Crippen molar-refractivity contribution in [2.45, 2.75) is 30.9 Å². The third-order valence-corrected chi connectivity index (χ3v) is 6.26. The number of morpholine rings is 1. The van der Waals surface area contributed by atoms with Crippen LogP contribution in [0, 0.1) is 6.92 Å². The molecule has 23 heavy (non-hydrogen) atoms. The third-order valence-electron chi connectivity index (χ3n) is 4.26. The Morgan fingerprint density at radius 2 is 1.70 bits per heavy atom. The Morgan fingerprint density at radius 1 is 1.04 bits per heavy atom. The Hall–Kier alpha value is -1.69. The zero-order valence-corrected chi connectivity index (χ0v) is 14.2. The second-order valence-corrected chi connectivity index (χ2v) is 7.76. The van der Waals surface area contributed by atoms with Gasteiger partial charge in [0.25, 0.3) is 0 Å². The summed E-state index contributed by atoms with van der Waals surface area (Å²) in [6.45, 7) is 4.62. The third kappa shape index (κ3) is 3.17. The minimum absolute atomic E-state index is 0.245. The smallest absolute Gasteiger partial charge is 0.243 e. The quantitative estimate of drug-likeness (QED) is 0.868. The van der Waals surface area contributed by atoms with E-state index in [2.05, 4.69) is 0 Å².